The first-order valence-electron chi connectivity index (χ1n) is 4.90. The number of benzene rings is 1. The van der Waals surface area contributed by atoms with Crippen LogP contribution in [0.2, 0.25) is 0 Å². The number of halogens is 1. The van der Waals surface area contributed by atoms with Crippen molar-refractivity contribution >= 4 is 17.2 Å². The summed E-state index contributed by atoms with van der Waals surface area (Å²) in [5.41, 5.74) is 7.97. The Morgan fingerprint density at radius 1 is 1.25 bits per heavy atom. The number of nitrogen functional groups attached to an aromatic ring is 1. The molecule has 0 saturated carbocycles. The minimum Gasteiger partial charge on any atom is -0.397 e. The van der Waals surface area contributed by atoms with Gasteiger partial charge >= 0.3 is 0 Å². The molecular formula is C12H12FN3. The lowest BCUT2D eigenvalue weighted by molar-refractivity contribution is 0.628. The zero-order valence-corrected chi connectivity index (χ0v) is 8.87. The lowest BCUT2D eigenvalue weighted by Crippen LogP contribution is -1.98. The highest BCUT2D eigenvalue weighted by atomic mass is 19.1. The Kier molecular flexibility index (Phi) is 2.72. The van der Waals surface area contributed by atoms with Gasteiger partial charge in [-0.1, -0.05) is 0 Å². The minimum atomic E-state index is -0.257. The van der Waals surface area contributed by atoms with Crippen LogP contribution in [0.1, 0.15) is 5.56 Å². The number of nitrogens with zero attached hydrogens (tertiary/aromatic N) is 1. The molecule has 0 radical (unpaired) electrons. The standard InChI is InChI=1S/C12H12FN3/c1-8-6-10(14)7-15-12(8)16-11-4-2-9(13)3-5-11/h2-7H,14H2,1H3,(H,15,16). The second-order valence-corrected chi connectivity index (χ2v) is 3.57. The first kappa shape index (κ1) is 10.4. The van der Waals surface area contributed by atoms with Crippen molar-refractivity contribution in [3.63, 3.8) is 0 Å². The predicted octanol–water partition coefficient (Wildman–Crippen LogP) is 2.85. The van der Waals surface area contributed by atoms with Gasteiger partial charge in [-0.05, 0) is 42.8 Å². The average Bonchev–Trinajstić information content (AvgIpc) is 2.25. The Balaban J connectivity index is 2.23. The Bertz CT molecular complexity index is 494. The van der Waals surface area contributed by atoms with E-state index in [0.717, 1.165) is 17.1 Å². The molecule has 0 unspecified atom stereocenters. The number of nitrogens with two attached hydrogens (primary N) is 1. The van der Waals surface area contributed by atoms with Crippen LogP contribution in [-0.2, 0) is 0 Å². The fourth-order valence-corrected chi connectivity index (χ4v) is 1.40. The maximum Gasteiger partial charge on any atom is 0.133 e. The van der Waals surface area contributed by atoms with Crippen LogP contribution in [-0.4, -0.2) is 4.98 Å². The zero-order chi connectivity index (χ0) is 11.5. The topological polar surface area (TPSA) is 50.9 Å². The molecule has 82 valence electrons. The van der Waals surface area contributed by atoms with E-state index in [2.05, 4.69) is 10.3 Å². The van der Waals surface area contributed by atoms with E-state index < -0.39 is 0 Å². The number of nitrogens with one attached hydrogen (secondary N) is 1. The van der Waals surface area contributed by atoms with Crippen molar-refractivity contribution in [3.05, 3.63) is 47.9 Å². The Hall–Kier alpha value is -2.10. The van der Waals surface area contributed by atoms with Crippen LogP contribution in [0.15, 0.2) is 36.5 Å². The average molecular weight is 217 g/mol. The lowest BCUT2D eigenvalue weighted by atomic mass is 10.2. The van der Waals surface area contributed by atoms with Gasteiger partial charge < -0.3 is 11.1 Å². The molecule has 2 aromatic rings. The minimum absolute atomic E-state index is 0.257. The van der Waals surface area contributed by atoms with Crippen molar-refractivity contribution in [1.29, 1.82) is 0 Å². The quantitative estimate of drug-likeness (QED) is 0.813. The van der Waals surface area contributed by atoms with Crippen LogP contribution in [0, 0.1) is 12.7 Å². The summed E-state index contributed by atoms with van der Waals surface area (Å²) in [5.74, 6) is 0.466. The highest BCUT2D eigenvalue weighted by molar-refractivity contribution is 5.60. The number of rotatable bonds is 2. The predicted molar refractivity (Wildman–Crippen MR) is 63.1 cm³/mol. The first-order valence-corrected chi connectivity index (χ1v) is 4.90. The molecule has 0 fully saturated rings. The molecule has 16 heavy (non-hydrogen) atoms. The molecule has 0 spiro atoms. The Morgan fingerprint density at radius 3 is 2.56 bits per heavy atom. The van der Waals surface area contributed by atoms with E-state index in [0.29, 0.717) is 5.69 Å². The number of hydrogen-bond acceptors (Lipinski definition) is 3. The molecule has 3 N–H and O–H groups in total. The van der Waals surface area contributed by atoms with Gasteiger partial charge in [0.25, 0.3) is 0 Å². The van der Waals surface area contributed by atoms with E-state index in [-0.39, 0.29) is 5.82 Å². The summed E-state index contributed by atoms with van der Waals surface area (Å²) in [6, 6.07) is 7.95. The zero-order valence-electron chi connectivity index (χ0n) is 8.87. The normalized spacial score (nSPS) is 10.1. The van der Waals surface area contributed by atoms with Gasteiger partial charge in [0.1, 0.15) is 11.6 Å². The number of aryl methyl sites for hydroxylation is 1. The van der Waals surface area contributed by atoms with E-state index in [1.165, 1.54) is 12.1 Å². The second-order valence-electron chi connectivity index (χ2n) is 3.57. The van der Waals surface area contributed by atoms with Gasteiger partial charge in [0.15, 0.2) is 0 Å². The van der Waals surface area contributed by atoms with E-state index in [4.69, 9.17) is 5.73 Å². The van der Waals surface area contributed by atoms with Crippen LogP contribution < -0.4 is 11.1 Å². The summed E-state index contributed by atoms with van der Waals surface area (Å²) < 4.78 is 12.7. The van der Waals surface area contributed by atoms with Gasteiger partial charge in [-0.3, -0.25) is 0 Å². The molecule has 0 saturated heterocycles. The number of hydrogen-bond donors (Lipinski definition) is 2. The highest BCUT2D eigenvalue weighted by Crippen LogP contribution is 2.19. The molecule has 0 aliphatic carbocycles. The maximum absolute atomic E-state index is 12.7. The first-order chi connectivity index (χ1) is 7.65. The van der Waals surface area contributed by atoms with E-state index in [9.17, 15) is 4.39 Å². The number of pyridine rings is 1. The molecule has 2 rings (SSSR count). The van der Waals surface area contributed by atoms with Crippen LogP contribution in [0.25, 0.3) is 0 Å². The van der Waals surface area contributed by atoms with Gasteiger partial charge in [0.2, 0.25) is 0 Å². The Labute approximate surface area is 93.1 Å². The van der Waals surface area contributed by atoms with E-state index in [1.54, 1.807) is 18.3 Å². The van der Waals surface area contributed by atoms with Crippen LogP contribution >= 0.6 is 0 Å². The monoisotopic (exact) mass is 217 g/mol. The summed E-state index contributed by atoms with van der Waals surface area (Å²) in [7, 11) is 0. The molecule has 1 aromatic heterocycles. The molecule has 1 heterocycles. The second kappa shape index (κ2) is 4.18. The summed E-state index contributed by atoms with van der Waals surface area (Å²) >= 11 is 0. The third-order valence-electron chi connectivity index (χ3n) is 2.21. The SMILES string of the molecule is Cc1cc(N)cnc1Nc1ccc(F)cc1. The molecule has 1 aromatic carbocycles. The smallest absolute Gasteiger partial charge is 0.133 e. The molecule has 0 atom stereocenters. The van der Waals surface area contributed by atoms with Crippen LogP contribution in [0.4, 0.5) is 21.6 Å². The fraction of sp³-hybridized carbons (Fsp3) is 0.0833. The lowest BCUT2D eigenvalue weighted by Gasteiger charge is -2.08. The summed E-state index contributed by atoms with van der Waals surface area (Å²) in [5, 5.41) is 3.09. The van der Waals surface area contributed by atoms with Gasteiger partial charge in [0.05, 0.1) is 11.9 Å². The molecule has 0 amide bonds. The fourth-order valence-electron chi connectivity index (χ4n) is 1.40. The molecule has 0 aliphatic heterocycles. The summed E-state index contributed by atoms with van der Waals surface area (Å²) in [4.78, 5) is 4.17. The van der Waals surface area contributed by atoms with Gasteiger partial charge in [0, 0.05) is 5.69 Å². The van der Waals surface area contributed by atoms with Gasteiger partial charge in [-0.15, -0.1) is 0 Å². The van der Waals surface area contributed by atoms with E-state index >= 15 is 0 Å². The molecule has 0 aliphatic rings. The van der Waals surface area contributed by atoms with Crippen molar-refractivity contribution in [3.8, 4) is 0 Å². The summed E-state index contributed by atoms with van der Waals surface area (Å²) in [6.45, 7) is 1.91. The van der Waals surface area contributed by atoms with Crippen LogP contribution in [0.5, 0.6) is 0 Å². The highest BCUT2D eigenvalue weighted by Gasteiger charge is 2.01. The van der Waals surface area contributed by atoms with Crippen molar-refractivity contribution in [1.82, 2.24) is 4.98 Å². The summed E-state index contributed by atoms with van der Waals surface area (Å²) in [6.07, 6.45) is 1.58. The third kappa shape index (κ3) is 2.28. The third-order valence-corrected chi connectivity index (χ3v) is 2.21. The number of anilines is 3. The maximum atomic E-state index is 12.7. The van der Waals surface area contributed by atoms with Gasteiger partial charge in [-0.2, -0.15) is 0 Å². The molecule has 4 heteroatoms. The van der Waals surface area contributed by atoms with Crippen molar-refractivity contribution in [2.24, 2.45) is 0 Å². The van der Waals surface area contributed by atoms with Crippen molar-refractivity contribution in [2.45, 2.75) is 6.92 Å². The number of aromatic nitrogens is 1. The molecule has 3 nitrogen and oxygen atoms in total. The Morgan fingerprint density at radius 2 is 1.94 bits per heavy atom. The largest absolute Gasteiger partial charge is 0.397 e. The molecule has 0 bridgehead atoms. The van der Waals surface area contributed by atoms with Crippen molar-refractivity contribution in [2.75, 3.05) is 11.1 Å². The molecular weight excluding hydrogens is 205 g/mol. The van der Waals surface area contributed by atoms with Gasteiger partial charge in [-0.25, -0.2) is 9.37 Å². The van der Waals surface area contributed by atoms with Crippen molar-refractivity contribution < 1.29 is 4.39 Å². The van der Waals surface area contributed by atoms with E-state index in [1.807, 2.05) is 13.0 Å². The van der Waals surface area contributed by atoms with Crippen LogP contribution in [0.3, 0.4) is 0 Å².